The fraction of sp³-hybridized carbons (Fsp3) is 0.0870. The number of primary sulfonamides is 1. The lowest BCUT2D eigenvalue weighted by Gasteiger charge is -2.12. The summed E-state index contributed by atoms with van der Waals surface area (Å²) in [6.45, 7) is 1.68. The Kier molecular flexibility index (Phi) is 6.26. The molecule has 1 aliphatic heterocycles. The summed E-state index contributed by atoms with van der Waals surface area (Å²) in [7, 11) is -2.55. The lowest BCUT2D eigenvalue weighted by molar-refractivity contribution is -0.114. The number of methoxy groups -OCH3 is 1. The van der Waals surface area contributed by atoms with E-state index in [0.29, 0.717) is 44.1 Å². The molecule has 1 aromatic heterocycles. The van der Waals surface area contributed by atoms with Crippen molar-refractivity contribution in [2.75, 3.05) is 12.1 Å². The first-order valence-corrected chi connectivity index (χ1v) is 12.1. The van der Waals surface area contributed by atoms with Crippen LogP contribution in [0.15, 0.2) is 79.1 Å². The van der Waals surface area contributed by atoms with Crippen LogP contribution in [-0.4, -0.2) is 33.1 Å². The maximum absolute atomic E-state index is 13.0. The molecule has 0 bridgehead atoms. The number of hydrogen-bond donors (Lipinski definition) is 1. The van der Waals surface area contributed by atoms with E-state index in [1.54, 1.807) is 43.3 Å². The molecular formula is C23H18BrN3O6S. The number of hydrogen-bond acceptors (Lipinski definition) is 7. The predicted octanol–water partition coefficient (Wildman–Crippen LogP) is 3.95. The summed E-state index contributed by atoms with van der Waals surface area (Å²) in [5.74, 6) is -0.100. The van der Waals surface area contributed by atoms with Gasteiger partial charge in [-0.25, -0.2) is 18.4 Å². The highest BCUT2D eigenvalue weighted by atomic mass is 79.9. The molecule has 2 aromatic carbocycles. The van der Waals surface area contributed by atoms with E-state index in [4.69, 9.17) is 14.3 Å². The molecule has 0 fully saturated rings. The van der Waals surface area contributed by atoms with Crippen LogP contribution < -0.4 is 10.1 Å². The van der Waals surface area contributed by atoms with Crippen LogP contribution in [-0.2, 0) is 19.6 Å². The summed E-state index contributed by atoms with van der Waals surface area (Å²) in [6.07, 6.45) is 1.56. The number of ether oxygens (including phenoxy) is 1. The summed E-state index contributed by atoms with van der Waals surface area (Å²) in [5, 5.41) is 10.6. The summed E-state index contributed by atoms with van der Waals surface area (Å²) < 4.78 is 34.4. The molecule has 0 saturated heterocycles. The van der Waals surface area contributed by atoms with Gasteiger partial charge in [-0.05, 0) is 67.6 Å². The van der Waals surface area contributed by atoms with Crippen molar-refractivity contribution >= 4 is 55.3 Å². The Morgan fingerprint density at radius 2 is 1.85 bits per heavy atom. The Balaban J connectivity index is 1.63. The monoisotopic (exact) mass is 543 g/mol. The van der Waals surface area contributed by atoms with Gasteiger partial charge in [-0.15, -0.1) is 0 Å². The zero-order chi connectivity index (χ0) is 24.6. The maximum atomic E-state index is 13.0. The lowest BCUT2D eigenvalue weighted by Crippen LogP contribution is -2.21. The molecule has 174 valence electrons. The molecule has 0 aliphatic carbocycles. The van der Waals surface area contributed by atoms with E-state index >= 15 is 0 Å². The smallest absolute Gasteiger partial charge is 0.338 e. The molecule has 3 aromatic rings. The molecular weight excluding hydrogens is 526 g/mol. The van der Waals surface area contributed by atoms with Crippen LogP contribution in [0.5, 0.6) is 0 Å². The number of halogens is 1. The van der Waals surface area contributed by atoms with E-state index in [1.807, 2.05) is 0 Å². The summed E-state index contributed by atoms with van der Waals surface area (Å²) in [6, 6.07) is 14.0. The normalized spacial score (nSPS) is 15.1. The molecule has 34 heavy (non-hydrogen) atoms. The Bertz CT molecular complexity index is 1470. The van der Waals surface area contributed by atoms with Gasteiger partial charge in [-0.2, -0.15) is 10.1 Å². The number of anilines is 1. The third-order valence-electron chi connectivity index (χ3n) is 5.04. The molecule has 2 heterocycles. The molecule has 9 nitrogen and oxygen atoms in total. The first-order valence-electron chi connectivity index (χ1n) is 9.81. The fourth-order valence-corrected chi connectivity index (χ4v) is 4.24. The molecule has 0 unspecified atom stereocenters. The molecule has 1 amide bonds. The van der Waals surface area contributed by atoms with Crippen LogP contribution in [0.1, 0.15) is 23.0 Å². The van der Waals surface area contributed by atoms with Crippen LogP contribution in [0.2, 0.25) is 0 Å². The minimum atomic E-state index is -3.85. The molecule has 11 heteroatoms. The SMILES string of the molecule is COC(=O)c1cc(Br)ccc1-c1ccc(C=C2C(=O)N(c3ccc(S(N)(=O)=O)cc3)N=C2C)o1. The maximum Gasteiger partial charge on any atom is 0.338 e. The zero-order valence-electron chi connectivity index (χ0n) is 18.0. The highest BCUT2D eigenvalue weighted by Gasteiger charge is 2.29. The van der Waals surface area contributed by atoms with Crippen molar-refractivity contribution in [3.8, 4) is 11.3 Å². The minimum absolute atomic E-state index is 0.0678. The fourth-order valence-electron chi connectivity index (χ4n) is 3.36. The molecule has 0 atom stereocenters. The number of rotatable bonds is 5. The van der Waals surface area contributed by atoms with Gasteiger partial charge in [-0.1, -0.05) is 15.9 Å². The number of carbonyl (C=O) groups is 2. The van der Waals surface area contributed by atoms with Crippen LogP contribution in [0, 0.1) is 0 Å². The van der Waals surface area contributed by atoms with Gasteiger partial charge in [0.2, 0.25) is 10.0 Å². The van der Waals surface area contributed by atoms with Gasteiger partial charge in [-0.3, -0.25) is 4.79 Å². The van der Waals surface area contributed by atoms with Gasteiger partial charge >= 0.3 is 5.97 Å². The standard InChI is InChI=1S/C23H18BrN3O6S/c1-13-19(22(28)27(26-13)15-4-7-17(8-5-15)34(25,30)31)12-16-6-10-21(33-16)18-9-3-14(24)11-20(18)23(29)32-2/h3-12H,1-2H3,(H2,25,30,31). The van der Waals surface area contributed by atoms with Crippen molar-refractivity contribution in [1.82, 2.24) is 0 Å². The molecule has 2 N–H and O–H groups in total. The number of furan rings is 1. The van der Waals surface area contributed by atoms with Gasteiger partial charge < -0.3 is 9.15 Å². The number of benzene rings is 2. The number of sulfonamides is 1. The summed E-state index contributed by atoms with van der Waals surface area (Å²) in [5.41, 5.74) is 2.02. The van der Waals surface area contributed by atoms with Gasteiger partial charge in [0.05, 0.1) is 34.5 Å². The Hall–Kier alpha value is -3.54. The Morgan fingerprint density at radius 1 is 1.15 bits per heavy atom. The molecule has 0 spiro atoms. The largest absolute Gasteiger partial charge is 0.465 e. The third kappa shape index (κ3) is 4.58. The number of nitrogens with two attached hydrogens (primary N) is 1. The van der Waals surface area contributed by atoms with E-state index in [1.165, 1.54) is 36.4 Å². The van der Waals surface area contributed by atoms with Crippen molar-refractivity contribution in [2.45, 2.75) is 11.8 Å². The first-order chi connectivity index (χ1) is 16.1. The van der Waals surface area contributed by atoms with Crippen molar-refractivity contribution in [2.24, 2.45) is 10.2 Å². The number of nitrogens with zero attached hydrogens (tertiary/aromatic N) is 2. The summed E-state index contributed by atoms with van der Waals surface area (Å²) in [4.78, 5) is 25.1. The van der Waals surface area contributed by atoms with E-state index in [-0.39, 0.29) is 4.90 Å². The van der Waals surface area contributed by atoms with Gasteiger partial charge in [0.1, 0.15) is 11.5 Å². The Morgan fingerprint density at radius 3 is 2.50 bits per heavy atom. The van der Waals surface area contributed by atoms with Crippen LogP contribution in [0.25, 0.3) is 17.4 Å². The highest BCUT2D eigenvalue weighted by molar-refractivity contribution is 9.10. The average molecular weight is 544 g/mol. The molecule has 0 radical (unpaired) electrons. The van der Waals surface area contributed by atoms with Crippen LogP contribution >= 0.6 is 15.9 Å². The second-order valence-corrected chi connectivity index (χ2v) is 9.76. The zero-order valence-corrected chi connectivity index (χ0v) is 20.4. The predicted molar refractivity (Wildman–Crippen MR) is 130 cm³/mol. The number of amides is 1. The second kappa shape index (κ2) is 9.01. The number of hydrazone groups is 1. The van der Waals surface area contributed by atoms with Crippen molar-refractivity contribution in [3.05, 3.63) is 76.0 Å². The van der Waals surface area contributed by atoms with Crippen LogP contribution in [0.4, 0.5) is 5.69 Å². The van der Waals surface area contributed by atoms with E-state index < -0.39 is 21.9 Å². The van der Waals surface area contributed by atoms with Crippen LogP contribution in [0.3, 0.4) is 0 Å². The van der Waals surface area contributed by atoms with Gasteiger partial charge in [0.25, 0.3) is 5.91 Å². The third-order valence-corrected chi connectivity index (χ3v) is 6.46. The highest BCUT2D eigenvalue weighted by Crippen LogP contribution is 2.31. The van der Waals surface area contributed by atoms with E-state index in [0.717, 1.165) is 0 Å². The van der Waals surface area contributed by atoms with Crippen molar-refractivity contribution < 1.29 is 27.2 Å². The lowest BCUT2D eigenvalue weighted by atomic mass is 10.1. The summed E-state index contributed by atoms with van der Waals surface area (Å²) >= 11 is 3.34. The van der Waals surface area contributed by atoms with E-state index in [2.05, 4.69) is 21.0 Å². The molecule has 4 rings (SSSR count). The quantitative estimate of drug-likeness (QED) is 0.382. The topological polar surface area (TPSA) is 132 Å². The second-order valence-electron chi connectivity index (χ2n) is 7.28. The van der Waals surface area contributed by atoms with Gasteiger partial charge in [0.15, 0.2) is 0 Å². The Labute approximate surface area is 203 Å². The minimum Gasteiger partial charge on any atom is -0.465 e. The van der Waals surface area contributed by atoms with Gasteiger partial charge in [0, 0.05) is 10.0 Å². The molecule has 1 aliphatic rings. The van der Waals surface area contributed by atoms with Crippen molar-refractivity contribution in [3.63, 3.8) is 0 Å². The number of esters is 1. The number of carbonyl (C=O) groups excluding carboxylic acids is 2. The first kappa shape index (κ1) is 23.6. The van der Waals surface area contributed by atoms with Crippen molar-refractivity contribution in [1.29, 1.82) is 0 Å². The molecule has 0 saturated carbocycles. The van der Waals surface area contributed by atoms with E-state index in [9.17, 15) is 18.0 Å². The average Bonchev–Trinajstić information content (AvgIpc) is 3.38.